The van der Waals surface area contributed by atoms with Gasteiger partial charge in [0.15, 0.2) is 9.84 Å². The molecule has 0 aromatic heterocycles. The molecule has 2 atom stereocenters. The monoisotopic (exact) mass is 275 g/mol. The molecule has 5 heteroatoms. The van der Waals surface area contributed by atoms with Crippen LogP contribution in [0.15, 0.2) is 27.6 Å². The molecule has 0 amide bonds. The van der Waals surface area contributed by atoms with Gasteiger partial charge >= 0.3 is 0 Å². The maximum atomic E-state index is 11.8. The predicted molar refractivity (Wildman–Crippen MR) is 57.7 cm³/mol. The van der Waals surface area contributed by atoms with Crippen LogP contribution in [0.1, 0.15) is 18.5 Å². The Morgan fingerprint density at radius 1 is 1.43 bits per heavy atom. The Morgan fingerprint density at radius 3 is 2.71 bits per heavy atom. The van der Waals surface area contributed by atoms with Gasteiger partial charge in [-0.05, 0) is 30.7 Å². The molecule has 0 unspecified atom stereocenters. The summed E-state index contributed by atoms with van der Waals surface area (Å²) in [6, 6.07) is 4.70. The number of halogens is 1. The molecule has 2 rings (SSSR count). The van der Waals surface area contributed by atoms with Crippen molar-refractivity contribution in [3.05, 3.63) is 28.2 Å². The van der Waals surface area contributed by atoms with Gasteiger partial charge in [0, 0.05) is 10.5 Å². The molecule has 0 radical (unpaired) electrons. The first kappa shape index (κ1) is 10.1. The fourth-order valence-corrected chi connectivity index (χ4v) is 3.78. The molecule has 3 nitrogen and oxygen atoms in total. The molecule has 76 valence electrons. The van der Waals surface area contributed by atoms with Crippen molar-refractivity contribution >= 4 is 25.8 Å². The van der Waals surface area contributed by atoms with Crippen molar-refractivity contribution in [2.75, 3.05) is 0 Å². The third-order valence-corrected chi connectivity index (χ3v) is 5.38. The van der Waals surface area contributed by atoms with Gasteiger partial charge in [0.25, 0.3) is 0 Å². The summed E-state index contributed by atoms with van der Waals surface area (Å²) >= 11 is 3.30. The van der Waals surface area contributed by atoms with E-state index in [9.17, 15) is 8.42 Å². The highest BCUT2D eigenvalue weighted by atomic mass is 79.9. The molecule has 1 aromatic rings. The van der Waals surface area contributed by atoms with Crippen LogP contribution in [-0.4, -0.2) is 13.7 Å². The number of fused-ring (bicyclic) bond motifs is 1. The van der Waals surface area contributed by atoms with E-state index in [4.69, 9.17) is 5.73 Å². The van der Waals surface area contributed by atoms with Gasteiger partial charge in [-0.2, -0.15) is 0 Å². The second kappa shape index (κ2) is 3.05. The molecular weight excluding hydrogens is 266 g/mol. The van der Waals surface area contributed by atoms with E-state index in [1.807, 2.05) is 0 Å². The normalized spacial score (nSPS) is 28.8. The zero-order valence-corrected chi connectivity index (χ0v) is 9.97. The van der Waals surface area contributed by atoms with Gasteiger partial charge in [-0.3, -0.25) is 0 Å². The molecular formula is C9H10BrNO2S. The summed E-state index contributed by atoms with van der Waals surface area (Å²) in [5.74, 6) is 0. The second-order valence-corrected chi connectivity index (χ2v) is 6.65. The maximum Gasteiger partial charge on any atom is 0.183 e. The molecule has 0 spiro atoms. The molecule has 0 bridgehead atoms. The molecule has 1 aliphatic heterocycles. The second-order valence-electron chi connectivity index (χ2n) is 3.46. The summed E-state index contributed by atoms with van der Waals surface area (Å²) in [4.78, 5) is 0.376. The lowest BCUT2D eigenvalue weighted by molar-refractivity contribution is 0.581. The smallest absolute Gasteiger partial charge is 0.183 e. The van der Waals surface area contributed by atoms with E-state index in [1.54, 1.807) is 25.1 Å². The molecule has 0 fully saturated rings. The predicted octanol–water partition coefficient (Wildman–Crippen LogP) is 1.62. The minimum Gasteiger partial charge on any atom is -0.323 e. The Hall–Kier alpha value is -0.390. The van der Waals surface area contributed by atoms with Crippen LogP contribution in [0.3, 0.4) is 0 Å². The minimum absolute atomic E-state index is 0.376. The molecule has 1 heterocycles. The summed E-state index contributed by atoms with van der Waals surface area (Å²) in [6.45, 7) is 1.65. The first-order valence-corrected chi connectivity index (χ1v) is 6.57. The fourth-order valence-electron chi connectivity index (χ4n) is 1.69. The first-order chi connectivity index (χ1) is 6.44. The van der Waals surface area contributed by atoms with Crippen molar-refractivity contribution in [3.8, 4) is 0 Å². The van der Waals surface area contributed by atoms with E-state index in [-0.39, 0.29) is 0 Å². The van der Waals surface area contributed by atoms with Crippen LogP contribution in [0.25, 0.3) is 0 Å². The minimum atomic E-state index is -3.20. The number of hydrogen-bond donors (Lipinski definition) is 1. The largest absolute Gasteiger partial charge is 0.323 e. The topological polar surface area (TPSA) is 60.2 Å². The average molecular weight is 276 g/mol. The lowest BCUT2D eigenvalue weighted by atomic mass is 10.1. The fraction of sp³-hybridized carbons (Fsp3) is 0.333. The van der Waals surface area contributed by atoms with Gasteiger partial charge in [-0.15, -0.1) is 0 Å². The molecule has 2 N–H and O–H groups in total. The van der Waals surface area contributed by atoms with Crippen molar-refractivity contribution in [2.24, 2.45) is 5.73 Å². The van der Waals surface area contributed by atoms with Crippen molar-refractivity contribution in [3.63, 3.8) is 0 Å². The lowest BCUT2D eigenvalue weighted by Crippen LogP contribution is -2.23. The van der Waals surface area contributed by atoms with Crippen molar-refractivity contribution < 1.29 is 8.42 Å². The van der Waals surface area contributed by atoms with Gasteiger partial charge in [0.1, 0.15) is 0 Å². The van der Waals surface area contributed by atoms with Crippen LogP contribution < -0.4 is 5.73 Å². The average Bonchev–Trinajstić information content (AvgIpc) is 2.28. The quantitative estimate of drug-likeness (QED) is 0.783. The Morgan fingerprint density at radius 2 is 2.07 bits per heavy atom. The highest BCUT2D eigenvalue weighted by Crippen LogP contribution is 2.38. The molecule has 14 heavy (non-hydrogen) atoms. The summed E-state index contributed by atoms with van der Waals surface area (Å²) in [6.07, 6.45) is 0. The number of hydrogen-bond acceptors (Lipinski definition) is 3. The van der Waals surface area contributed by atoms with Crippen LogP contribution in [0.5, 0.6) is 0 Å². The third-order valence-electron chi connectivity index (χ3n) is 2.63. The van der Waals surface area contributed by atoms with Gasteiger partial charge in [-0.25, -0.2) is 8.42 Å². The van der Waals surface area contributed by atoms with Crippen LogP contribution in [0.2, 0.25) is 0 Å². The van der Waals surface area contributed by atoms with Gasteiger partial charge in [0.2, 0.25) is 0 Å². The van der Waals surface area contributed by atoms with E-state index in [0.29, 0.717) is 10.5 Å². The molecule has 0 saturated heterocycles. The number of benzene rings is 1. The van der Waals surface area contributed by atoms with E-state index in [2.05, 4.69) is 15.9 Å². The van der Waals surface area contributed by atoms with E-state index in [0.717, 1.165) is 4.47 Å². The Balaban J connectivity index is 2.75. The summed E-state index contributed by atoms with van der Waals surface area (Å²) in [7, 11) is -3.20. The van der Waals surface area contributed by atoms with Gasteiger partial charge < -0.3 is 5.73 Å². The van der Waals surface area contributed by atoms with Crippen LogP contribution in [0, 0.1) is 0 Å². The van der Waals surface area contributed by atoms with Crippen molar-refractivity contribution in [1.29, 1.82) is 0 Å². The SMILES string of the molecule is C[C@@H]1[C@H](N)c2cc(Br)ccc2S1(=O)=O. The standard InChI is InChI=1S/C9H10BrNO2S/c1-5-9(11)7-4-6(10)2-3-8(7)14(5,12)13/h2-5,9H,11H2,1H3/t5-,9+/m1/s1. The molecule has 0 aliphatic carbocycles. The van der Waals surface area contributed by atoms with Gasteiger partial charge in [-0.1, -0.05) is 15.9 Å². The van der Waals surface area contributed by atoms with E-state index < -0.39 is 21.1 Å². The summed E-state index contributed by atoms with van der Waals surface area (Å²) in [5, 5.41) is -0.521. The van der Waals surface area contributed by atoms with Crippen molar-refractivity contribution in [1.82, 2.24) is 0 Å². The van der Waals surface area contributed by atoms with Crippen LogP contribution in [0.4, 0.5) is 0 Å². The Labute approximate surface area is 91.4 Å². The molecule has 1 aromatic carbocycles. The highest BCUT2D eigenvalue weighted by molar-refractivity contribution is 9.10. The van der Waals surface area contributed by atoms with Gasteiger partial charge in [0.05, 0.1) is 10.1 Å². The summed E-state index contributed by atoms with van der Waals surface area (Å²) in [5.41, 5.74) is 6.55. The zero-order valence-electron chi connectivity index (χ0n) is 7.57. The highest BCUT2D eigenvalue weighted by Gasteiger charge is 2.39. The number of rotatable bonds is 0. The number of nitrogens with two attached hydrogens (primary N) is 1. The summed E-state index contributed by atoms with van der Waals surface area (Å²) < 4.78 is 24.5. The van der Waals surface area contributed by atoms with Crippen LogP contribution >= 0.6 is 15.9 Å². The maximum absolute atomic E-state index is 11.8. The molecule has 1 aliphatic rings. The van der Waals surface area contributed by atoms with E-state index in [1.165, 1.54) is 0 Å². The third kappa shape index (κ3) is 1.23. The lowest BCUT2D eigenvalue weighted by Gasteiger charge is -2.07. The zero-order chi connectivity index (χ0) is 10.5. The van der Waals surface area contributed by atoms with E-state index >= 15 is 0 Å². The van der Waals surface area contributed by atoms with Crippen molar-refractivity contribution in [2.45, 2.75) is 23.1 Å². The molecule has 0 saturated carbocycles. The number of sulfone groups is 1. The Bertz CT molecular complexity index is 484. The first-order valence-electron chi connectivity index (χ1n) is 4.23. The Kier molecular flexibility index (Phi) is 2.21. The van der Waals surface area contributed by atoms with Crippen LogP contribution in [-0.2, 0) is 9.84 Å².